The van der Waals surface area contributed by atoms with Crippen molar-refractivity contribution in [3.05, 3.63) is 69.2 Å². The van der Waals surface area contributed by atoms with E-state index in [9.17, 15) is 5.11 Å². The third-order valence-electron chi connectivity index (χ3n) is 3.23. The second-order valence-corrected chi connectivity index (χ2v) is 5.41. The zero-order chi connectivity index (χ0) is 13.1. The third kappa shape index (κ3) is 2.82. The molecule has 0 aliphatic heterocycles. The van der Waals surface area contributed by atoms with Gasteiger partial charge in [0.25, 0.3) is 0 Å². The summed E-state index contributed by atoms with van der Waals surface area (Å²) in [7, 11) is 0. The lowest BCUT2D eigenvalue weighted by Gasteiger charge is -2.15. The van der Waals surface area contributed by atoms with Crippen molar-refractivity contribution >= 4 is 15.9 Å². The predicted molar refractivity (Wildman–Crippen MR) is 78.8 cm³/mol. The molecular formula is C16H17BrO. The average Bonchev–Trinajstić information content (AvgIpc) is 2.38. The SMILES string of the molecule is CCc1ccc(C(O)c2ccc(Br)cc2C)cc1. The number of halogens is 1. The number of aryl methyl sites for hydroxylation is 2. The summed E-state index contributed by atoms with van der Waals surface area (Å²) in [5.74, 6) is 0. The lowest BCUT2D eigenvalue weighted by Crippen LogP contribution is -2.02. The zero-order valence-electron chi connectivity index (χ0n) is 10.7. The molecule has 1 unspecified atom stereocenters. The van der Waals surface area contributed by atoms with Crippen molar-refractivity contribution in [2.75, 3.05) is 0 Å². The first-order valence-corrected chi connectivity index (χ1v) is 6.94. The monoisotopic (exact) mass is 304 g/mol. The van der Waals surface area contributed by atoms with Crippen molar-refractivity contribution in [3.8, 4) is 0 Å². The standard InChI is InChI=1S/C16H17BrO/c1-3-12-4-6-13(7-5-12)16(18)15-9-8-14(17)10-11(15)2/h4-10,16,18H,3H2,1-2H3. The fourth-order valence-corrected chi connectivity index (χ4v) is 2.54. The zero-order valence-corrected chi connectivity index (χ0v) is 12.2. The van der Waals surface area contributed by atoms with Crippen LogP contribution in [0.3, 0.4) is 0 Å². The first kappa shape index (κ1) is 13.3. The Bertz CT molecular complexity index is 531. The Morgan fingerprint density at radius 2 is 1.78 bits per heavy atom. The molecule has 0 heterocycles. The summed E-state index contributed by atoms with van der Waals surface area (Å²) in [6.45, 7) is 4.15. The van der Waals surface area contributed by atoms with E-state index < -0.39 is 6.10 Å². The molecule has 0 spiro atoms. The van der Waals surface area contributed by atoms with Crippen molar-refractivity contribution < 1.29 is 5.11 Å². The van der Waals surface area contributed by atoms with Gasteiger partial charge in [-0.2, -0.15) is 0 Å². The average molecular weight is 305 g/mol. The van der Waals surface area contributed by atoms with Crippen LogP contribution in [0.25, 0.3) is 0 Å². The molecule has 0 aliphatic carbocycles. The topological polar surface area (TPSA) is 20.2 Å². The van der Waals surface area contributed by atoms with E-state index in [-0.39, 0.29) is 0 Å². The van der Waals surface area contributed by atoms with Gasteiger partial charge in [0.2, 0.25) is 0 Å². The molecular weight excluding hydrogens is 288 g/mol. The van der Waals surface area contributed by atoms with Gasteiger partial charge in [-0.3, -0.25) is 0 Å². The maximum Gasteiger partial charge on any atom is 0.104 e. The molecule has 2 aromatic carbocycles. The van der Waals surface area contributed by atoms with Crippen LogP contribution in [0.5, 0.6) is 0 Å². The van der Waals surface area contributed by atoms with Gasteiger partial charge in [-0.25, -0.2) is 0 Å². The number of aliphatic hydroxyl groups is 1. The van der Waals surface area contributed by atoms with Crippen LogP contribution in [-0.4, -0.2) is 5.11 Å². The second-order valence-electron chi connectivity index (χ2n) is 4.50. The summed E-state index contributed by atoms with van der Waals surface area (Å²) in [5.41, 5.74) is 4.29. The van der Waals surface area contributed by atoms with Gasteiger partial charge in [0.15, 0.2) is 0 Å². The lowest BCUT2D eigenvalue weighted by atomic mass is 9.96. The van der Waals surface area contributed by atoms with Gasteiger partial charge in [-0.05, 0) is 47.7 Å². The fraction of sp³-hybridized carbons (Fsp3) is 0.250. The molecule has 0 saturated heterocycles. The number of hydrogen-bond acceptors (Lipinski definition) is 1. The van der Waals surface area contributed by atoms with Gasteiger partial charge in [0.1, 0.15) is 6.10 Å². The number of hydrogen-bond donors (Lipinski definition) is 1. The molecule has 0 amide bonds. The number of aliphatic hydroxyl groups excluding tert-OH is 1. The number of benzene rings is 2. The summed E-state index contributed by atoms with van der Waals surface area (Å²) in [6.07, 6.45) is 0.470. The summed E-state index contributed by atoms with van der Waals surface area (Å²) >= 11 is 3.44. The Balaban J connectivity index is 2.31. The van der Waals surface area contributed by atoms with E-state index in [1.165, 1.54) is 5.56 Å². The maximum absolute atomic E-state index is 10.4. The highest BCUT2D eigenvalue weighted by molar-refractivity contribution is 9.10. The highest BCUT2D eigenvalue weighted by Crippen LogP contribution is 2.27. The van der Waals surface area contributed by atoms with Crippen molar-refractivity contribution in [2.45, 2.75) is 26.4 Å². The van der Waals surface area contributed by atoms with E-state index >= 15 is 0 Å². The van der Waals surface area contributed by atoms with Crippen LogP contribution in [0.2, 0.25) is 0 Å². The molecule has 0 saturated carbocycles. The molecule has 0 aliphatic rings. The van der Waals surface area contributed by atoms with E-state index in [2.05, 4.69) is 35.0 Å². The summed E-state index contributed by atoms with van der Waals surface area (Å²) in [4.78, 5) is 0. The lowest BCUT2D eigenvalue weighted by molar-refractivity contribution is 0.219. The molecule has 94 valence electrons. The summed E-state index contributed by atoms with van der Waals surface area (Å²) in [6, 6.07) is 14.1. The van der Waals surface area contributed by atoms with E-state index in [0.29, 0.717) is 0 Å². The molecule has 1 N–H and O–H groups in total. The molecule has 1 nitrogen and oxygen atoms in total. The van der Waals surface area contributed by atoms with E-state index in [0.717, 1.165) is 27.6 Å². The minimum absolute atomic E-state index is 0.552. The smallest absolute Gasteiger partial charge is 0.104 e. The molecule has 0 aromatic heterocycles. The minimum Gasteiger partial charge on any atom is -0.384 e. The van der Waals surface area contributed by atoms with Crippen LogP contribution in [-0.2, 0) is 6.42 Å². The third-order valence-corrected chi connectivity index (χ3v) is 3.72. The van der Waals surface area contributed by atoms with Crippen molar-refractivity contribution in [2.24, 2.45) is 0 Å². The van der Waals surface area contributed by atoms with Crippen LogP contribution < -0.4 is 0 Å². The minimum atomic E-state index is -0.552. The van der Waals surface area contributed by atoms with Crippen molar-refractivity contribution in [1.29, 1.82) is 0 Å². The highest BCUT2D eigenvalue weighted by Gasteiger charge is 2.12. The Morgan fingerprint density at radius 1 is 1.11 bits per heavy atom. The molecule has 18 heavy (non-hydrogen) atoms. The van der Waals surface area contributed by atoms with Crippen LogP contribution in [0.15, 0.2) is 46.9 Å². The van der Waals surface area contributed by atoms with Crippen LogP contribution in [0.4, 0.5) is 0 Å². The van der Waals surface area contributed by atoms with Gasteiger partial charge in [0.05, 0.1) is 0 Å². The Labute approximate surface area is 117 Å². The van der Waals surface area contributed by atoms with E-state index in [4.69, 9.17) is 0 Å². The maximum atomic E-state index is 10.4. The summed E-state index contributed by atoms with van der Waals surface area (Å²) < 4.78 is 1.04. The quantitative estimate of drug-likeness (QED) is 0.891. The van der Waals surface area contributed by atoms with E-state index in [1.807, 2.05) is 37.3 Å². The second kappa shape index (κ2) is 5.68. The van der Waals surface area contributed by atoms with Gasteiger partial charge in [0, 0.05) is 4.47 Å². The van der Waals surface area contributed by atoms with Gasteiger partial charge >= 0.3 is 0 Å². The molecule has 2 heteroatoms. The van der Waals surface area contributed by atoms with Crippen LogP contribution >= 0.6 is 15.9 Å². The summed E-state index contributed by atoms with van der Waals surface area (Å²) in [5, 5.41) is 10.4. The Kier molecular flexibility index (Phi) is 4.20. The fourth-order valence-electron chi connectivity index (χ4n) is 2.06. The van der Waals surface area contributed by atoms with Crippen LogP contribution in [0, 0.1) is 6.92 Å². The molecule has 0 fully saturated rings. The Hall–Kier alpha value is -1.12. The first-order chi connectivity index (χ1) is 8.61. The Morgan fingerprint density at radius 3 is 2.33 bits per heavy atom. The van der Waals surface area contributed by atoms with E-state index in [1.54, 1.807) is 0 Å². The molecule has 0 radical (unpaired) electrons. The molecule has 2 aromatic rings. The largest absolute Gasteiger partial charge is 0.384 e. The van der Waals surface area contributed by atoms with Gasteiger partial charge in [-0.1, -0.05) is 53.2 Å². The molecule has 0 bridgehead atoms. The van der Waals surface area contributed by atoms with Gasteiger partial charge < -0.3 is 5.11 Å². The molecule has 2 rings (SSSR count). The van der Waals surface area contributed by atoms with Crippen LogP contribution in [0.1, 0.15) is 35.3 Å². The highest BCUT2D eigenvalue weighted by atomic mass is 79.9. The van der Waals surface area contributed by atoms with Crippen molar-refractivity contribution in [1.82, 2.24) is 0 Å². The first-order valence-electron chi connectivity index (χ1n) is 6.14. The molecule has 1 atom stereocenters. The van der Waals surface area contributed by atoms with Crippen molar-refractivity contribution in [3.63, 3.8) is 0 Å². The number of rotatable bonds is 3. The van der Waals surface area contributed by atoms with Gasteiger partial charge in [-0.15, -0.1) is 0 Å². The predicted octanol–water partition coefficient (Wildman–Crippen LogP) is 4.40. The normalized spacial score (nSPS) is 12.4.